The van der Waals surface area contributed by atoms with Gasteiger partial charge in [-0.1, -0.05) is 57.0 Å². The van der Waals surface area contributed by atoms with Crippen molar-refractivity contribution >= 4 is 15.5 Å². The van der Waals surface area contributed by atoms with Crippen LogP contribution in [0.15, 0.2) is 53.4 Å². The Morgan fingerprint density at radius 1 is 1.14 bits per heavy atom. The van der Waals surface area contributed by atoms with Crippen LogP contribution in [-0.4, -0.2) is 24.6 Å². The molecule has 6 nitrogen and oxygen atoms in total. The second kappa shape index (κ2) is 8.01. The van der Waals surface area contributed by atoms with E-state index in [2.05, 4.69) is 12.2 Å². The zero-order valence-electron chi connectivity index (χ0n) is 16.2. The summed E-state index contributed by atoms with van der Waals surface area (Å²) in [5.74, 6) is 0.0526. The van der Waals surface area contributed by atoms with E-state index in [4.69, 9.17) is 0 Å². The standard InChI is InChI=1S/C21H26N2O4S/c1-3-5-14-21(4-2)15-28(26,27)19-9-7-6-8-18(19)20(22-21)16-10-12-17(13-11-16)23(24)25/h6-13,20,22H,3-5,14-15H2,1-2H3/t20-,21-/m0/s1. The molecule has 0 bridgehead atoms. The lowest BCUT2D eigenvalue weighted by Crippen LogP contribution is -2.50. The van der Waals surface area contributed by atoms with E-state index in [1.165, 1.54) is 12.1 Å². The van der Waals surface area contributed by atoms with E-state index in [1.807, 2.05) is 19.1 Å². The van der Waals surface area contributed by atoms with Gasteiger partial charge in [-0.25, -0.2) is 8.42 Å². The number of benzene rings is 2. The van der Waals surface area contributed by atoms with Gasteiger partial charge in [-0.05, 0) is 30.0 Å². The molecular formula is C21H26N2O4S. The highest BCUT2D eigenvalue weighted by atomic mass is 32.2. The molecule has 0 unspecified atom stereocenters. The van der Waals surface area contributed by atoms with E-state index in [9.17, 15) is 18.5 Å². The van der Waals surface area contributed by atoms with Gasteiger partial charge in [-0.3, -0.25) is 15.4 Å². The summed E-state index contributed by atoms with van der Waals surface area (Å²) in [4.78, 5) is 10.9. The highest BCUT2D eigenvalue weighted by Crippen LogP contribution is 2.38. The van der Waals surface area contributed by atoms with Gasteiger partial charge in [-0.15, -0.1) is 0 Å². The Bertz CT molecular complexity index is 957. The zero-order valence-corrected chi connectivity index (χ0v) is 17.0. The first kappa shape index (κ1) is 20.5. The number of non-ortho nitro benzene ring substituents is 1. The molecule has 3 rings (SSSR count). The van der Waals surface area contributed by atoms with Gasteiger partial charge < -0.3 is 0 Å². The van der Waals surface area contributed by atoms with Crippen LogP contribution in [0.3, 0.4) is 0 Å². The monoisotopic (exact) mass is 402 g/mol. The summed E-state index contributed by atoms with van der Waals surface area (Å²) in [7, 11) is -3.46. The largest absolute Gasteiger partial charge is 0.300 e. The topological polar surface area (TPSA) is 89.3 Å². The molecule has 1 N–H and O–H groups in total. The van der Waals surface area contributed by atoms with Crippen molar-refractivity contribution in [3.8, 4) is 0 Å². The molecule has 2 aromatic rings. The van der Waals surface area contributed by atoms with Gasteiger partial charge in [-0.2, -0.15) is 0 Å². The number of hydrogen-bond donors (Lipinski definition) is 1. The van der Waals surface area contributed by atoms with E-state index in [1.54, 1.807) is 24.3 Å². The predicted octanol–water partition coefficient (Wildman–Crippen LogP) is 4.40. The molecule has 0 aromatic heterocycles. The van der Waals surface area contributed by atoms with Crippen LogP contribution in [0.5, 0.6) is 0 Å². The van der Waals surface area contributed by atoms with Gasteiger partial charge in [0.15, 0.2) is 9.84 Å². The van der Waals surface area contributed by atoms with Gasteiger partial charge in [0.1, 0.15) is 0 Å². The summed E-state index contributed by atoms with van der Waals surface area (Å²) in [5, 5.41) is 14.6. The van der Waals surface area contributed by atoms with E-state index in [0.717, 1.165) is 24.8 Å². The first-order valence-corrected chi connectivity index (χ1v) is 11.3. The average molecular weight is 403 g/mol. The van der Waals surface area contributed by atoms with Crippen LogP contribution >= 0.6 is 0 Å². The van der Waals surface area contributed by atoms with Crippen LogP contribution in [0.25, 0.3) is 0 Å². The summed E-state index contributed by atoms with van der Waals surface area (Å²) in [5.41, 5.74) is 0.999. The summed E-state index contributed by atoms with van der Waals surface area (Å²) in [6, 6.07) is 13.1. The minimum absolute atomic E-state index is 0.0195. The molecule has 1 aliphatic rings. The molecule has 7 heteroatoms. The van der Waals surface area contributed by atoms with E-state index >= 15 is 0 Å². The number of nitrogens with one attached hydrogen (secondary N) is 1. The van der Waals surface area contributed by atoms with Gasteiger partial charge in [0.2, 0.25) is 0 Å². The fraction of sp³-hybridized carbons (Fsp3) is 0.429. The number of unbranched alkanes of at least 4 members (excludes halogenated alkanes) is 1. The molecule has 0 fully saturated rings. The van der Waals surface area contributed by atoms with Crippen LogP contribution in [0, 0.1) is 10.1 Å². The molecule has 0 radical (unpaired) electrons. The molecule has 1 aliphatic heterocycles. The first-order chi connectivity index (χ1) is 13.3. The van der Waals surface area contributed by atoms with Gasteiger partial charge in [0.25, 0.3) is 5.69 Å². The zero-order chi connectivity index (χ0) is 20.4. The van der Waals surface area contributed by atoms with Crippen molar-refractivity contribution in [3.05, 3.63) is 69.8 Å². The Kier molecular flexibility index (Phi) is 5.86. The van der Waals surface area contributed by atoms with Crippen LogP contribution < -0.4 is 5.32 Å². The lowest BCUT2D eigenvalue weighted by atomic mass is 9.88. The maximum absolute atomic E-state index is 13.2. The Morgan fingerprint density at radius 2 is 1.82 bits per heavy atom. The SMILES string of the molecule is CCCC[C@@]1(CC)CS(=O)(=O)c2ccccc2[C@H](c2ccc([N+](=O)[O-])cc2)N1. The van der Waals surface area contributed by atoms with Crippen molar-refractivity contribution in [2.45, 2.75) is 56.0 Å². The lowest BCUT2D eigenvalue weighted by molar-refractivity contribution is -0.384. The molecule has 28 heavy (non-hydrogen) atoms. The Morgan fingerprint density at radius 3 is 2.43 bits per heavy atom. The van der Waals surface area contributed by atoms with Crippen molar-refractivity contribution in [1.29, 1.82) is 0 Å². The van der Waals surface area contributed by atoms with Crippen LogP contribution in [0.4, 0.5) is 5.69 Å². The smallest absolute Gasteiger partial charge is 0.269 e. The van der Waals surface area contributed by atoms with E-state index in [0.29, 0.717) is 16.9 Å². The number of rotatable bonds is 6. The highest BCUT2D eigenvalue weighted by Gasteiger charge is 2.41. The Labute approximate surface area is 166 Å². The van der Waals surface area contributed by atoms with Crippen molar-refractivity contribution < 1.29 is 13.3 Å². The minimum Gasteiger partial charge on any atom is -0.300 e. The quantitative estimate of drug-likeness (QED) is 0.571. The molecule has 150 valence electrons. The van der Waals surface area contributed by atoms with Gasteiger partial charge >= 0.3 is 0 Å². The maximum atomic E-state index is 13.2. The Hall–Kier alpha value is -2.25. The third-order valence-electron chi connectivity index (χ3n) is 5.60. The average Bonchev–Trinajstić information content (AvgIpc) is 2.79. The fourth-order valence-corrected chi connectivity index (χ4v) is 6.11. The minimum atomic E-state index is -3.46. The van der Waals surface area contributed by atoms with Crippen LogP contribution in [-0.2, 0) is 9.84 Å². The number of nitro groups is 1. The van der Waals surface area contributed by atoms with Gasteiger partial charge in [0.05, 0.1) is 21.6 Å². The molecule has 2 aromatic carbocycles. The molecular weight excluding hydrogens is 376 g/mol. The predicted molar refractivity (Wildman–Crippen MR) is 109 cm³/mol. The number of nitro benzene ring substituents is 1. The first-order valence-electron chi connectivity index (χ1n) is 9.65. The molecule has 2 atom stereocenters. The summed E-state index contributed by atoms with van der Waals surface area (Å²) in [6.07, 6.45) is 3.36. The second-order valence-electron chi connectivity index (χ2n) is 7.46. The highest BCUT2D eigenvalue weighted by molar-refractivity contribution is 7.91. The summed E-state index contributed by atoms with van der Waals surface area (Å²) < 4.78 is 26.4. The number of hydrogen-bond acceptors (Lipinski definition) is 5. The molecule has 0 amide bonds. The van der Waals surface area contributed by atoms with E-state index in [-0.39, 0.29) is 17.5 Å². The third kappa shape index (κ3) is 3.95. The lowest BCUT2D eigenvalue weighted by Gasteiger charge is -2.35. The van der Waals surface area contributed by atoms with Gasteiger partial charge in [0, 0.05) is 17.7 Å². The number of nitrogens with zero attached hydrogens (tertiary/aromatic N) is 1. The maximum Gasteiger partial charge on any atom is 0.269 e. The van der Waals surface area contributed by atoms with Crippen LogP contribution in [0.2, 0.25) is 0 Å². The molecule has 0 spiro atoms. The molecule has 0 saturated carbocycles. The number of fused-ring (bicyclic) bond motifs is 1. The normalized spacial score (nSPS) is 23.6. The van der Waals surface area contributed by atoms with E-state index < -0.39 is 20.3 Å². The third-order valence-corrected chi connectivity index (χ3v) is 7.58. The number of sulfone groups is 1. The Balaban J connectivity index is 2.15. The van der Waals surface area contributed by atoms with Crippen LogP contribution in [0.1, 0.15) is 56.7 Å². The molecule has 0 saturated heterocycles. The van der Waals surface area contributed by atoms with Crippen molar-refractivity contribution in [1.82, 2.24) is 5.32 Å². The molecule has 1 heterocycles. The summed E-state index contributed by atoms with van der Waals surface area (Å²) >= 11 is 0. The summed E-state index contributed by atoms with van der Waals surface area (Å²) in [6.45, 7) is 4.11. The molecule has 0 aliphatic carbocycles. The van der Waals surface area contributed by atoms with Crippen molar-refractivity contribution in [2.75, 3.05) is 5.75 Å². The second-order valence-corrected chi connectivity index (χ2v) is 9.42. The fourth-order valence-electron chi connectivity index (χ4n) is 3.96. The van der Waals surface area contributed by atoms with Crippen molar-refractivity contribution in [2.24, 2.45) is 0 Å². The van der Waals surface area contributed by atoms with Crippen molar-refractivity contribution in [3.63, 3.8) is 0 Å².